The van der Waals surface area contributed by atoms with Crippen molar-refractivity contribution < 1.29 is 14.3 Å². The van der Waals surface area contributed by atoms with E-state index in [9.17, 15) is 9.59 Å². The summed E-state index contributed by atoms with van der Waals surface area (Å²) in [5.41, 5.74) is 1.63. The fourth-order valence-corrected chi connectivity index (χ4v) is 3.61. The number of anilines is 1. The molecule has 0 radical (unpaired) electrons. The molecular formula is C22H24N6O3. The second-order valence-electron chi connectivity index (χ2n) is 7.42. The number of aromatic nitrogens is 5. The Balaban J connectivity index is 1.23. The Morgan fingerprint density at radius 1 is 1.16 bits per heavy atom. The van der Waals surface area contributed by atoms with Gasteiger partial charge in [-0.15, -0.1) is 5.10 Å². The van der Waals surface area contributed by atoms with Gasteiger partial charge >= 0.3 is 5.97 Å². The first-order valence-corrected chi connectivity index (χ1v) is 10.3. The van der Waals surface area contributed by atoms with E-state index in [-0.39, 0.29) is 6.61 Å². The SMILES string of the molecule is O=C(COC(=O)/C=C/c1cn(Cc2ccccc2)nn1)Nc1ccnn1C1CCCC1. The number of rotatable bonds is 8. The molecule has 1 aliphatic carbocycles. The largest absolute Gasteiger partial charge is 0.452 e. The van der Waals surface area contributed by atoms with Gasteiger partial charge in [0.1, 0.15) is 11.5 Å². The van der Waals surface area contributed by atoms with Crippen molar-refractivity contribution in [3.05, 3.63) is 66.1 Å². The quantitative estimate of drug-likeness (QED) is 0.444. The summed E-state index contributed by atoms with van der Waals surface area (Å²) in [6.07, 6.45) is 10.6. The zero-order chi connectivity index (χ0) is 21.5. The molecule has 1 fully saturated rings. The molecule has 1 aliphatic rings. The standard InChI is InChI=1S/C22H24N6O3/c29-21(24-20-12-13-23-28(20)19-8-4-5-9-19)16-31-22(30)11-10-18-15-27(26-25-18)14-17-6-2-1-3-7-17/h1-3,6-7,10-13,15,19H,4-5,8-9,14,16H2,(H,24,29)/b11-10+. The van der Waals surface area contributed by atoms with E-state index in [0.29, 0.717) is 24.1 Å². The molecule has 160 valence electrons. The van der Waals surface area contributed by atoms with Crippen LogP contribution >= 0.6 is 0 Å². The van der Waals surface area contributed by atoms with Crippen molar-refractivity contribution in [1.29, 1.82) is 0 Å². The molecule has 1 N–H and O–H groups in total. The number of nitrogens with zero attached hydrogens (tertiary/aromatic N) is 5. The van der Waals surface area contributed by atoms with Crippen LogP contribution in [-0.4, -0.2) is 43.3 Å². The minimum atomic E-state index is -0.628. The van der Waals surface area contributed by atoms with E-state index in [1.165, 1.54) is 25.0 Å². The van der Waals surface area contributed by atoms with E-state index in [1.54, 1.807) is 23.1 Å². The second kappa shape index (κ2) is 9.84. The third-order valence-electron chi connectivity index (χ3n) is 5.09. The van der Waals surface area contributed by atoms with Crippen LogP contribution in [0.3, 0.4) is 0 Å². The van der Waals surface area contributed by atoms with Crippen molar-refractivity contribution >= 4 is 23.8 Å². The molecule has 1 saturated carbocycles. The Labute approximate surface area is 179 Å². The third-order valence-corrected chi connectivity index (χ3v) is 5.09. The Morgan fingerprint density at radius 2 is 1.97 bits per heavy atom. The van der Waals surface area contributed by atoms with E-state index in [4.69, 9.17) is 4.74 Å². The van der Waals surface area contributed by atoms with Crippen LogP contribution < -0.4 is 5.32 Å². The third kappa shape index (κ3) is 5.65. The van der Waals surface area contributed by atoms with Crippen LogP contribution in [0.4, 0.5) is 5.82 Å². The predicted molar refractivity (Wildman–Crippen MR) is 114 cm³/mol. The van der Waals surface area contributed by atoms with E-state index in [2.05, 4.69) is 20.7 Å². The molecule has 0 unspecified atom stereocenters. The summed E-state index contributed by atoms with van der Waals surface area (Å²) in [6, 6.07) is 11.9. The number of hydrogen-bond acceptors (Lipinski definition) is 6. The van der Waals surface area contributed by atoms with Gasteiger partial charge in [-0.2, -0.15) is 5.10 Å². The highest BCUT2D eigenvalue weighted by Gasteiger charge is 2.20. The van der Waals surface area contributed by atoms with Gasteiger partial charge in [-0.1, -0.05) is 48.4 Å². The minimum Gasteiger partial charge on any atom is -0.452 e. The van der Waals surface area contributed by atoms with Gasteiger partial charge in [-0.25, -0.2) is 14.2 Å². The van der Waals surface area contributed by atoms with E-state index in [0.717, 1.165) is 18.4 Å². The van der Waals surface area contributed by atoms with Crippen LogP contribution in [0.5, 0.6) is 0 Å². The molecule has 9 nitrogen and oxygen atoms in total. The Kier molecular flexibility index (Phi) is 6.51. The van der Waals surface area contributed by atoms with Crippen LogP contribution in [0, 0.1) is 0 Å². The van der Waals surface area contributed by atoms with Crippen LogP contribution in [0.1, 0.15) is 43.0 Å². The highest BCUT2D eigenvalue weighted by atomic mass is 16.5. The van der Waals surface area contributed by atoms with Gasteiger partial charge in [0.2, 0.25) is 0 Å². The normalized spacial score (nSPS) is 14.2. The zero-order valence-electron chi connectivity index (χ0n) is 17.1. The second-order valence-corrected chi connectivity index (χ2v) is 7.42. The number of ether oxygens (including phenoxy) is 1. The highest BCUT2D eigenvalue weighted by molar-refractivity contribution is 5.94. The Bertz CT molecular complexity index is 1050. The van der Waals surface area contributed by atoms with E-state index in [1.807, 2.05) is 35.0 Å². The molecule has 2 heterocycles. The summed E-state index contributed by atoms with van der Waals surface area (Å²) in [7, 11) is 0. The smallest absolute Gasteiger partial charge is 0.331 e. The van der Waals surface area contributed by atoms with Gasteiger partial charge < -0.3 is 10.1 Å². The molecule has 1 amide bonds. The summed E-state index contributed by atoms with van der Waals surface area (Å²) in [6.45, 7) is 0.212. The molecule has 3 aromatic rings. The first-order valence-electron chi connectivity index (χ1n) is 10.3. The van der Waals surface area contributed by atoms with Gasteiger partial charge in [0.05, 0.1) is 25.0 Å². The lowest BCUT2D eigenvalue weighted by Gasteiger charge is -2.14. The zero-order valence-corrected chi connectivity index (χ0v) is 17.1. The van der Waals surface area contributed by atoms with Crippen molar-refractivity contribution in [1.82, 2.24) is 24.8 Å². The van der Waals surface area contributed by atoms with E-state index < -0.39 is 11.9 Å². The molecule has 9 heteroatoms. The van der Waals surface area contributed by atoms with Crippen molar-refractivity contribution in [3.8, 4) is 0 Å². The number of esters is 1. The lowest BCUT2D eigenvalue weighted by Crippen LogP contribution is -2.22. The van der Waals surface area contributed by atoms with Gasteiger partial charge in [0.25, 0.3) is 5.91 Å². The van der Waals surface area contributed by atoms with Crippen molar-refractivity contribution in [2.75, 3.05) is 11.9 Å². The Hall–Kier alpha value is -3.75. The average Bonchev–Trinajstić information content (AvgIpc) is 3.53. The molecule has 4 rings (SSSR count). The predicted octanol–water partition coefficient (Wildman–Crippen LogP) is 2.83. The van der Waals surface area contributed by atoms with Crippen LogP contribution in [-0.2, 0) is 20.9 Å². The first-order chi connectivity index (χ1) is 15.2. The van der Waals surface area contributed by atoms with Crippen LogP contribution in [0.15, 0.2) is 54.9 Å². The molecule has 0 spiro atoms. The summed E-state index contributed by atoms with van der Waals surface area (Å²) < 4.78 is 8.54. The maximum atomic E-state index is 12.2. The van der Waals surface area contributed by atoms with Gasteiger partial charge in [0, 0.05) is 12.1 Å². The van der Waals surface area contributed by atoms with Gasteiger partial charge in [0.15, 0.2) is 6.61 Å². The van der Waals surface area contributed by atoms with Crippen LogP contribution in [0.2, 0.25) is 0 Å². The fraction of sp³-hybridized carbons (Fsp3) is 0.318. The van der Waals surface area contributed by atoms with Gasteiger partial charge in [-0.3, -0.25) is 4.79 Å². The summed E-state index contributed by atoms with van der Waals surface area (Å²) in [5.74, 6) is -0.411. The first kappa shape index (κ1) is 20.5. The molecule has 1 aromatic carbocycles. The molecular weight excluding hydrogens is 396 g/mol. The molecule has 0 atom stereocenters. The lowest BCUT2D eigenvalue weighted by atomic mass is 10.2. The monoisotopic (exact) mass is 420 g/mol. The summed E-state index contributed by atoms with van der Waals surface area (Å²) >= 11 is 0. The maximum Gasteiger partial charge on any atom is 0.331 e. The molecule has 0 bridgehead atoms. The Morgan fingerprint density at radius 3 is 2.77 bits per heavy atom. The molecule has 0 saturated heterocycles. The number of amides is 1. The van der Waals surface area contributed by atoms with E-state index >= 15 is 0 Å². The fourth-order valence-electron chi connectivity index (χ4n) is 3.61. The number of hydrogen-bond donors (Lipinski definition) is 1. The molecule has 2 aromatic heterocycles. The average molecular weight is 420 g/mol. The van der Waals surface area contributed by atoms with Gasteiger partial charge in [-0.05, 0) is 24.5 Å². The number of benzene rings is 1. The van der Waals surface area contributed by atoms with Crippen molar-refractivity contribution in [2.45, 2.75) is 38.3 Å². The highest BCUT2D eigenvalue weighted by Crippen LogP contribution is 2.31. The minimum absolute atomic E-state index is 0.311. The van der Waals surface area contributed by atoms with Crippen molar-refractivity contribution in [2.24, 2.45) is 0 Å². The van der Waals surface area contributed by atoms with Crippen LogP contribution in [0.25, 0.3) is 6.08 Å². The number of carbonyl (C=O) groups excluding carboxylic acids is 2. The van der Waals surface area contributed by atoms with Crippen molar-refractivity contribution in [3.63, 3.8) is 0 Å². The molecule has 0 aliphatic heterocycles. The maximum absolute atomic E-state index is 12.2. The summed E-state index contributed by atoms with van der Waals surface area (Å²) in [4.78, 5) is 24.1. The number of carbonyl (C=O) groups is 2. The molecule has 31 heavy (non-hydrogen) atoms. The summed E-state index contributed by atoms with van der Waals surface area (Å²) in [5, 5.41) is 15.1. The number of nitrogens with one attached hydrogen (secondary N) is 1. The lowest BCUT2D eigenvalue weighted by molar-refractivity contribution is -0.142. The topological polar surface area (TPSA) is 104 Å².